The van der Waals surface area contributed by atoms with Crippen molar-refractivity contribution in [1.29, 1.82) is 0 Å². The average Bonchev–Trinajstić information content (AvgIpc) is 3.26. The molecule has 2 fully saturated rings. The molecule has 0 spiro atoms. The predicted octanol–water partition coefficient (Wildman–Crippen LogP) is 3.79. The van der Waals surface area contributed by atoms with E-state index in [1.54, 1.807) is 72.1 Å². The van der Waals surface area contributed by atoms with E-state index < -0.39 is 18.1 Å². The molecule has 2 aliphatic heterocycles. The number of imide groups is 1. The van der Waals surface area contributed by atoms with Crippen LogP contribution in [-0.4, -0.2) is 22.9 Å². The Bertz CT molecular complexity index is 1060. The number of hydroxylamine groups is 1. The molecular weight excluding hydrogens is 390 g/mol. The summed E-state index contributed by atoms with van der Waals surface area (Å²) < 4.78 is 0. The van der Waals surface area contributed by atoms with E-state index in [4.69, 9.17) is 16.4 Å². The molecule has 2 saturated heterocycles. The SMILES string of the molecule is O=C1[C@H]2[C@@H](ON(c3ccc(Cl)cc3)[C@H]2c2cccnc2)C(=O)N1c1ccccc1. The lowest BCUT2D eigenvalue weighted by Gasteiger charge is -2.28. The van der Waals surface area contributed by atoms with E-state index in [-0.39, 0.29) is 11.8 Å². The number of aromatic nitrogens is 1. The number of fused-ring (bicyclic) bond motifs is 1. The third-order valence-electron chi connectivity index (χ3n) is 5.24. The van der Waals surface area contributed by atoms with Crippen LogP contribution in [0, 0.1) is 5.92 Å². The summed E-state index contributed by atoms with van der Waals surface area (Å²) in [7, 11) is 0. The van der Waals surface area contributed by atoms with E-state index in [2.05, 4.69) is 4.98 Å². The van der Waals surface area contributed by atoms with Crippen molar-refractivity contribution in [2.24, 2.45) is 5.92 Å². The van der Waals surface area contributed by atoms with Crippen LogP contribution in [-0.2, 0) is 14.4 Å². The van der Waals surface area contributed by atoms with E-state index in [0.29, 0.717) is 16.4 Å². The smallest absolute Gasteiger partial charge is 0.266 e. The molecule has 1 aromatic heterocycles. The number of hydrogen-bond donors (Lipinski definition) is 0. The second kappa shape index (κ2) is 6.99. The van der Waals surface area contributed by atoms with Gasteiger partial charge in [-0.25, -0.2) is 9.96 Å². The Labute approximate surface area is 172 Å². The minimum Gasteiger partial charge on any atom is -0.273 e. The molecule has 0 aliphatic carbocycles. The molecule has 0 unspecified atom stereocenters. The number of benzene rings is 2. The first-order chi connectivity index (χ1) is 14.1. The highest BCUT2D eigenvalue weighted by atomic mass is 35.5. The maximum Gasteiger partial charge on any atom is 0.266 e. The molecule has 144 valence electrons. The summed E-state index contributed by atoms with van der Waals surface area (Å²) in [5.74, 6) is -1.32. The number of halogens is 1. The van der Waals surface area contributed by atoms with Crippen LogP contribution < -0.4 is 9.96 Å². The highest BCUT2D eigenvalue weighted by molar-refractivity contribution is 6.30. The summed E-state index contributed by atoms with van der Waals surface area (Å²) in [6.45, 7) is 0. The number of pyridine rings is 1. The van der Waals surface area contributed by atoms with Crippen molar-refractivity contribution in [2.75, 3.05) is 9.96 Å². The van der Waals surface area contributed by atoms with Gasteiger partial charge in [0.25, 0.3) is 5.91 Å². The Morgan fingerprint density at radius 3 is 2.31 bits per heavy atom. The zero-order valence-corrected chi connectivity index (χ0v) is 15.9. The van der Waals surface area contributed by atoms with Crippen LogP contribution in [0.15, 0.2) is 79.1 Å². The zero-order valence-electron chi connectivity index (χ0n) is 15.2. The van der Waals surface area contributed by atoms with Gasteiger partial charge in [-0.15, -0.1) is 0 Å². The topological polar surface area (TPSA) is 62.7 Å². The van der Waals surface area contributed by atoms with Gasteiger partial charge in [0, 0.05) is 17.4 Å². The molecule has 6 nitrogen and oxygen atoms in total. The van der Waals surface area contributed by atoms with Gasteiger partial charge >= 0.3 is 0 Å². The molecule has 3 atom stereocenters. The Kier molecular flexibility index (Phi) is 4.30. The Balaban J connectivity index is 1.58. The molecule has 3 heterocycles. The normalized spacial score (nSPS) is 23.6. The number of para-hydroxylation sites is 1. The van der Waals surface area contributed by atoms with E-state index in [1.807, 2.05) is 12.1 Å². The fourth-order valence-corrected chi connectivity index (χ4v) is 4.07. The third-order valence-corrected chi connectivity index (χ3v) is 5.49. The molecular formula is C22H16ClN3O3. The van der Waals surface area contributed by atoms with Crippen molar-refractivity contribution >= 4 is 34.8 Å². The van der Waals surface area contributed by atoms with Crippen LogP contribution in [0.3, 0.4) is 0 Å². The first kappa shape index (κ1) is 17.8. The van der Waals surface area contributed by atoms with Crippen molar-refractivity contribution < 1.29 is 14.4 Å². The summed E-state index contributed by atoms with van der Waals surface area (Å²) in [4.78, 5) is 38.0. The molecule has 0 saturated carbocycles. The van der Waals surface area contributed by atoms with Gasteiger partial charge in [-0.2, -0.15) is 0 Å². The molecule has 3 aromatic rings. The van der Waals surface area contributed by atoms with Gasteiger partial charge in [-0.1, -0.05) is 35.9 Å². The highest BCUT2D eigenvalue weighted by Gasteiger charge is 2.60. The predicted molar refractivity (Wildman–Crippen MR) is 108 cm³/mol. The minimum atomic E-state index is -0.899. The quantitative estimate of drug-likeness (QED) is 0.620. The summed E-state index contributed by atoms with van der Waals surface area (Å²) in [5.41, 5.74) is 2.05. The number of anilines is 2. The van der Waals surface area contributed by atoms with E-state index in [0.717, 1.165) is 5.56 Å². The first-order valence-corrected chi connectivity index (χ1v) is 9.57. The van der Waals surface area contributed by atoms with E-state index >= 15 is 0 Å². The molecule has 2 amide bonds. The monoisotopic (exact) mass is 405 g/mol. The minimum absolute atomic E-state index is 0.281. The van der Waals surface area contributed by atoms with Crippen molar-refractivity contribution in [3.63, 3.8) is 0 Å². The number of hydrogen-bond acceptors (Lipinski definition) is 5. The Hall–Kier alpha value is -3.22. The van der Waals surface area contributed by atoms with Crippen LogP contribution in [0.5, 0.6) is 0 Å². The van der Waals surface area contributed by atoms with Crippen LogP contribution in [0.4, 0.5) is 11.4 Å². The van der Waals surface area contributed by atoms with Crippen LogP contribution in [0.25, 0.3) is 0 Å². The fourth-order valence-electron chi connectivity index (χ4n) is 3.95. The van der Waals surface area contributed by atoms with E-state index in [9.17, 15) is 9.59 Å². The van der Waals surface area contributed by atoms with Crippen molar-refractivity contribution in [2.45, 2.75) is 12.1 Å². The van der Waals surface area contributed by atoms with Crippen molar-refractivity contribution in [3.8, 4) is 0 Å². The molecule has 5 rings (SSSR count). The number of carbonyl (C=O) groups is 2. The first-order valence-electron chi connectivity index (χ1n) is 9.19. The van der Waals surface area contributed by atoms with Crippen LogP contribution in [0.2, 0.25) is 5.02 Å². The lowest BCUT2D eigenvalue weighted by molar-refractivity contribution is -0.126. The van der Waals surface area contributed by atoms with Gasteiger partial charge in [0.2, 0.25) is 5.91 Å². The van der Waals surface area contributed by atoms with Crippen LogP contribution >= 0.6 is 11.6 Å². The molecule has 7 heteroatoms. The highest BCUT2D eigenvalue weighted by Crippen LogP contribution is 2.47. The summed E-state index contributed by atoms with van der Waals surface area (Å²) in [6, 6.07) is 19.2. The summed E-state index contributed by atoms with van der Waals surface area (Å²) in [6.07, 6.45) is 2.47. The number of amides is 2. The summed E-state index contributed by atoms with van der Waals surface area (Å²) in [5, 5.41) is 2.22. The molecule has 29 heavy (non-hydrogen) atoms. The second-order valence-corrected chi connectivity index (χ2v) is 7.37. The number of nitrogens with zero attached hydrogens (tertiary/aromatic N) is 3. The largest absolute Gasteiger partial charge is 0.273 e. The molecule has 0 N–H and O–H groups in total. The molecule has 2 aromatic carbocycles. The van der Waals surface area contributed by atoms with Gasteiger partial charge in [0.05, 0.1) is 17.4 Å². The third kappa shape index (κ3) is 2.88. The maximum atomic E-state index is 13.4. The second-order valence-electron chi connectivity index (χ2n) is 6.93. The van der Waals surface area contributed by atoms with Crippen molar-refractivity contribution in [1.82, 2.24) is 4.98 Å². The Morgan fingerprint density at radius 1 is 0.862 bits per heavy atom. The molecule has 2 aliphatic rings. The van der Waals surface area contributed by atoms with Gasteiger partial charge < -0.3 is 0 Å². The number of rotatable bonds is 3. The average molecular weight is 406 g/mol. The Morgan fingerprint density at radius 2 is 1.62 bits per heavy atom. The van der Waals surface area contributed by atoms with Gasteiger partial charge in [-0.05, 0) is 48.0 Å². The van der Waals surface area contributed by atoms with Crippen LogP contribution in [0.1, 0.15) is 11.6 Å². The molecule has 0 radical (unpaired) electrons. The van der Waals surface area contributed by atoms with Gasteiger partial charge in [0.1, 0.15) is 5.92 Å². The standard InChI is InChI=1S/C22H16ClN3O3/c23-15-8-10-17(11-9-15)26-19(14-5-4-12-24-13-14)18-20(29-26)22(28)25(21(18)27)16-6-2-1-3-7-16/h1-13,18-20H/t18-,19+,20-/m1/s1. The molecule has 0 bridgehead atoms. The zero-order chi connectivity index (χ0) is 20.0. The summed E-state index contributed by atoms with van der Waals surface area (Å²) >= 11 is 6.02. The van der Waals surface area contributed by atoms with Gasteiger partial charge in [-0.3, -0.25) is 19.4 Å². The van der Waals surface area contributed by atoms with Gasteiger partial charge in [0.15, 0.2) is 6.10 Å². The lowest BCUT2D eigenvalue weighted by Crippen LogP contribution is -2.37. The van der Waals surface area contributed by atoms with E-state index in [1.165, 1.54) is 4.90 Å². The lowest BCUT2D eigenvalue weighted by atomic mass is 9.91. The maximum absolute atomic E-state index is 13.4. The fraction of sp³-hybridized carbons (Fsp3) is 0.136. The number of carbonyl (C=O) groups excluding carboxylic acids is 2. The van der Waals surface area contributed by atoms with Crippen molar-refractivity contribution in [3.05, 3.63) is 89.7 Å².